The van der Waals surface area contributed by atoms with Crippen molar-refractivity contribution in [1.82, 2.24) is 14.8 Å². The summed E-state index contributed by atoms with van der Waals surface area (Å²) < 4.78 is 54.4. The van der Waals surface area contributed by atoms with Gasteiger partial charge in [0.2, 0.25) is 5.95 Å². The van der Waals surface area contributed by atoms with E-state index in [1.807, 2.05) is 0 Å². The molecule has 2 aromatic carbocycles. The molecule has 3 aromatic rings. The van der Waals surface area contributed by atoms with Crippen LogP contribution >= 0.6 is 15.9 Å². The van der Waals surface area contributed by atoms with Gasteiger partial charge in [0.15, 0.2) is 0 Å². The van der Waals surface area contributed by atoms with Gasteiger partial charge in [0, 0.05) is 4.47 Å². The van der Waals surface area contributed by atoms with Gasteiger partial charge < -0.3 is 0 Å². The maximum absolute atomic E-state index is 13.9. The Balaban J connectivity index is 1.88. The summed E-state index contributed by atoms with van der Waals surface area (Å²) in [6.45, 7) is 0. The Hall–Kier alpha value is -2.75. The summed E-state index contributed by atoms with van der Waals surface area (Å²) >= 11 is 3.17. The van der Waals surface area contributed by atoms with Crippen LogP contribution in [0, 0.1) is 5.82 Å². The van der Waals surface area contributed by atoms with Crippen LogP contribution in [0.15, 0.2) is 53.3 Å². The molecule has 0 spiro atoms. The quantitative estimate of drug-likeness (QED) is 0.627. The lowest BCUT2D eigenvalue weighted by Crippen LogP contribution is -2.19. The number of amides is 1. The average molecular weight is 429 g/mol. The fourth-order valence-corrected chi connectivity index (χ4v) is 2.76. The lowest BCUT2D eigenvalue weighted by Gasteiger charge is -2.11. The predicted octanol–water partition coefficient (Wildman–Crippen LogP) is 4.44. The minimum absolute atomic E-state index is 0.0520. The van der Waals surface area contributed by atoms with Gasteiger partial charge >= 0.3 is 6.18 Å². The summed E-state index contributed by atoms with van der Waals surface area (Å²) in [7, 11) is 0. The number of alkyl halides is 3. The van der Waals surface area contributed by atoms with Crippen LogP contribution in [0.2, 0.25) is 0 Å². The van der Waals surface area contributed by atoms with Crippen LogP contribution < -0.4 is 5.32 Å². The zero-order valence-corrected chi connectivity index (χ0v) is 14.3. The van der Waals surface area contributed by atoms with Crippen molar-refractivity contribution < 1.29 is 22.4 Å². The third kappa shape index (κ3) is 3.59. The molecule has 134 valence electrons. The second-order valence-electron chi connectivity index (χ2n) is 5.08. The van der Waals surface area contributed by atoms with Gasteiger partial charge in [-0.2, -0.15) is 18.2 Å². The SMILES string of the molecule is O=C(Nc1ncn(-c2c(F)cccc2Br)n1)c1ccccc1C(F)(F)F. The zero-order chi connectivity index (χ0) is 18.9. The maximum atomic E-state index is 13.9. The molecule has 0 fully saturated rings. The number of hydrogen-bond donors (Lipinski definition) is 1. The average Bonchev–Trinajstić information content (AvgIpc) is 3.02. The van der Waals surface area contributed by atoms with Gasteiger partial charge in [-0.25, -0.2) is 9.07 Å². The second kappa shape index (κ2) is 6.87. The Morgan fingerprint density at radius 2 is 1.85 bits per heavy atom. The van der Waals surface area contributed by atoms with Crippen LogP contribution in [0.5, 0.6) is 0 Å². The number of benzene rings is 2. The van der Waals surface area contributed by atoms with Crippen LogP contribution in [0.4, 0.5) is 23.5 Å². The summed E-state index contributed by atoms with van der Waals surface area (Å²) in [6.07, 6.45) is -3.55. The molecule has 1 N–H and O–H groups in total. The number of aromatic nitrogens is 3. The molecule has 26 heavy (non-hydrogen) atoms. The molecule has 5 nitrogen and oxygen atoms in total. The number of anilines is 1. The van der Waals surface area contributed by atoms with E-state index in [9.17, 15) is 22.4 Å². The molecule has 3 rings (SSSR count). The molecule has 0 aliphatic rings. The first-order valence-corrected chi connectivity index (χ1v) is 7.90. The molecule has 1 amide bonds. The Morgan fingerprint density at radius 1 is 1.12 bits per heavy atom. The number of nitrogens with zero attached hydrogens (tertiary/aromatic N) is 3. The highest BCUT2D eigenvalue weighted by Crippen LogP contribution is 2.32. The fourth-order valence-electron chi connectivity index (χ4n) is 2.23. The summed E-state index contributed by atoms with van der Waals surface area (Å²) in [4.78, 5) is 16.0. The number of rotatable bonds is 3. The maximum Gasteiger partial charge on any atom is 0.417 e. The highest BCUT2D eigenvalue weighted by Gasteiger charge is 2.35. The topological polar surface area (TPSA) is 59.8 Å². The Morgan fingerprint density at radius 3 is 2.54 bits per heavy atom. The summed E-state index contributed by atoms with van der Waals surface area (Å²) in [6, 6.07) is 8.61. The molecule has 0 saturated heterocycles. The largest absolute Gasteiger partial charge is 0.417 e. The highest BCUT2D eigenvalue weighted by atomic mass is 79.9. The molecule has 0 bridgehead atoms. The third-order valence-corrected chi connectivity index (χ3v) is 4.00. The van der Waals surface area contributed by atoms with Gasteiger partial charge in [-0.05, 0) is 40.2 Å². The van der Waals surface area contributed by atoms with E-state index < -0.39 is 29.0 Å². The molecule has 0 aliphatic carbocycles. The van der Waals surface area contributed by atoms with Crippen molar-refractivity contribution in [2.75, 3.05) is 5.32 Å². The van der Waals surface area contributed by atoms with Gasteiger partial charge in [0.1, 0.15) is 17.8 Å². The van der Waals surface area contributed by atoms with Crippen molar-refractivity contribution in [1.29, 1.82) is 0 Å². The number of carbonyl (C=O) groups excluding carboxylic acids is 1. The van der Waals surface area contributed by atoms with Crippen LogP contribution in [-0.2, 0) is 6.18 Å². The van der Waals surface area contributed by atoms with Crippen molar-refractivity contribution in [3.05, 3.63) is 70.2 Å². The van der Waals surface area contributed by atoms with Gasteiger partial charge in [0.05, 0.1) is 11.1 Å². The summed E-state index contributed by atoms with van der Waals surface area (Å²) in [5.41, 5.74) is -1.59. The van der Waals surface area contributed by atoms with E-state index in [-0.39, 0.29) is 11.6 Å². The monoisotopic (exact) mass is 428 g/mol. The second-order valence-corrected chi connectivity index (χ2v) is 5.93. The van der Waals surface area contributed by atoms with E-state index in [0.29, 0.717) is 4.47 Å². The van der Waals surface area contributed by atoms with Crippen molar-refractivity contribution in [3.63, 3.8) is 0 Å². The standard InChI is InChI=1S/C16H9BrF4N4O/c17-11-6-3-7-12(18)13(11)25-8-22-15(24-25)23-14(26)9-4-1-2-5-10(9)16(19,20)21/h1-8H,(H,23,24,26). The first-order valence-electron chi connectivity index (χ1n) is 7.11. The van der Waals surface area contributed by atoms with Gasteiger partial charge in [-0.15, -0.1) is 5.10 Å². The fraction of sp³-hybridized carbons (Fsp3) is 0.0625. The smallest absolute Gasteiger partial charge is 0.289 e. The summed E-state index contributed by atoms with van der Waals surface area (Å²) in [5, 5.41) is 6.06. The lowest BCUT2D eigenvalue weighted by molar-refractivity contribution is -0.137. The first-order chi connectivity index (χ1) is 12.3. The third-order valence-electron chi connectivity index (χ3n) is 3.36. The van der Waals surface area contributed by atoms with Crippen molar-refractivity contribution in [2.45, 2.75) is 6.18 Å². The molecule has 0 radical (unpaired) electrons. The van der Waals surface area contributed by atoms with Gasteiger partial charge in [-0.3, -0.25) is 10.1 Å². The molecule has 0 atom stereocenters. The predicted molar refractivity (Wildman–Crippen MR) is 88.4 cm³/mol. The van der Waals surface area contributed by atoms with Crippen molar-refractivity contribution in [2.24, 2.45) is 0 Å². The van der Waals surface area contributed by atoms with Gasteiger partial charge in [-0.1, -0.05) is 18.2 Å². The van der Waals surface area contributed by atoms with E-state index in [1.54, 1.807) is 6.07 Å². The molecular formula is C16H9BrF4N4O. The van der Waals surface area contributed by atoms with Crippen LogP contribution in [0.25, 0.3) is 5.69 Å². The van der Waals surface area contributed by atoms with Crippen molar-refractivity contribution >= 4 is 27.8 Å². The number of halogens is 5. The molecule has 0 aliphatic heterocycles. The van der Waals surface area contributed by atoms with E-state index in [2.05, 4.69) is 31.3 Å². The van der Waals surface area contributed by atoms with Crippen LogP contribution in [-0.4, -0.2) is 20.7 Å². The van der Waals surface area contributed by atoms with Crippen LogP contribution in [0.3, 0.4) is 0 Å². The molecule has 0 saturated carbocycles. The molecular weight excluding hydrogens is 420 g/mol. The number of carbonyl (C=O) groups is 1. The summed E-state index contributed by atoms with van der Waals surface area (Å²) in [5.74, 6) is -1.88. The van der Waals surface area contributed by atoms with E-state index in [1.165, 1.54) is 24.3 Å². The number of para-hydroxylation sites is 1. The zero-order valence-electron chi connectivity index (χ0n) is 12.8. The van der Waals surface area contributed by atoms with E-state index >= 15 is 0 Å². The first kappa shape index (κ1) is 18.1. The van der Waals surface area contributed by atoms with E-state index in [0.717, 1.165) is 23.1 Å². The normalized spacial score (nSPS) is 11.4. The lowest BCUT2D eigenvalue weighted by atomic mass is 10.1. The van der Waals surface area contributed by atoms with Crippen LogP contribution in [0.1, 0.15) is 15.9 Å². The minimum Gasteiger partial charge on any atom is -0.289 e. The highest BCUT2D eigenvalue weighted by molar-refractivity contribution is 9.10. The minimum atomic E-state index is -4.68. The molecule has 0 unspecified atom stereocenters. The van der Waals surface area contributed by atoms with Crippen molar-refractivity contribution in [3.8, 4) is 5.69 Å². The van der Waals surface area contributed by atoms with Gasteiger partial charge in [0.25, 0.3) is 5.91 Å². The molecule has 1 aromatic heterocycles. The van der Waals surface area contributed by atoms with E-state index in [4.69, 9.17) is 0 Å². The Labute approximate surface area is 152 Å². The number of nitrogens with one attached hydrogen (secondary N) is 1. The molecule has 1 heterocycles. The Kier molecular flexibility index (Phi) is 4.77. The Bertz CT molecular complexity index is 951. The molecule has 10 heteroatoms. The number of hydrogen-bond acceptors (Lipinski definition) is 3.